The van der Waals surface area contributed by atoms with Crippen molar-refractivity contribution >= 4 is 43.3 Å². The molecular formula is C11H11BrClNO3S. The van der Waals surface area contributed by atoms with Crippen molar-refractivity contribution in [1.29, 1.82) is 0 Å². The minimum atomic E-state index is -3.00. The number of sulfone groups is 1. The van der Waals surface area contributed by atoms with Crippen LogP contribution in [0.25, 0.3) is 0 Å². The highest BCUT2D eigenvalue weighted by Crippen LogP contribution is 2.21. The summed E-state index contributed by atoms with van der Waals surface area (Å²) < 4.78 is 23.3. The summed E-state index contributed by atoms with van der Waals surface area (Å²) in [6.45, 7) is 0. The van der Waals surface area contributed by atoms with E-state index >= 15 is 0 Å². The molecule has 1 N–H and O–H groups in total. The third kappa shape index (κ3) is 3.24. The second-order valence-electron chi connectivity index (χ2n) is 4.20. The van der Waals surface area contributed by atoms with Crippen LogP contribution < -0.4 is 5.32 Å². The lowest BCUT2D eigenvalue weighted by atomic mass is 10.2. The van der Waals surface area contributed by atoms with Crippen LogP contribution in [0.1, 0.15) is 16.8 Å². The third-order valence-electron chi connectivity index (χ3n) is 2.74. The molecule has 0 bridgehead atoms. The smallest absolute Gasteiger partial charge is 0.253 e. The summed E-state index contributed by atoms with van der Waals surface area (Å²) in [5.41, 5.74) is 0.343. The van der Waals surface area contributed by atoms with Gasteiger partial charge in [0.2, 0.25) is 0 Å². The Hall–Kier alpha value is -0.590. The fourth-order valence-electron chi connectivity index (χ4n) is 1.84. The van der Waals surface area contributed by atoms with Gasteiger partial charge in [0, 0.05) is 10.5 Å². The summed E-state index contributed by atoms with van der Waals surface area (Å²) in [5.74, 6) is -0.211. The molecule has 1 amide bonds. The molecule has 98 valence electrons. The fraction of sp³-hybridized carbons (Fsp3) is 0.364. The molecule has 4 nitrogen and oxygen atoms in total. The average molecular weight is 353 g/mol. The van der Waals surface area contributed by atoms with Crippen LogP contribution in [-0.2, 0) is 9.84 Å². The van der Waals surface area contributed by atoms with Gasteiger partial charge in [-0.05, 0) is 24.6 Å². The van der Waals surface area contributed by atoms with E-state index in [1.54, 1.807) is 18.2 Å². The molecule has 1 aliphatic heterocycles. The van der Waals surface area contributed by atoms with Gasteiger partial charge in [0.05, 0.1) is 22.1 Å². The molecule has 1 fully saturated rings. The summed E-state index contributed by atoms with van der Waals surface area (Å²) in [4.78, 5) is 12.0. The summed E-state index contributed by atoms with van der Waals surface area (Å²) in [6.07, 6.45) is 0.458. The van der Waals surface area contributed by atoms with Crippen LogP contribution in [0.5, 0.6) is 0 Å². The third-order valence-corrected chi connectivity index (χ3v) is 5.33. The summed E-state index contributed by atoms with van der Waals surface area (Å²) in [6, 6.07) is 4.64. The van der Waals surface area contributed by atoms with Crippen molar-refractivity contribution in [3.8, 4) is 0 Å². The largest absolute Gasteiger partial charge is 0.348 e. The van der Waals surface area contributed by atoms with Gasteiger partial charge in [-0.3, -0.25) is 4.79 Å². The standard InChI is InChI=1S/C11H11BrClNO3S/c12-7-1-2-10(13)9(5-7)11(15)14-8-3-4-18(16,17)6-8/h1-2,5,8H,3-4,6H2,(H,14,15)/t8-/m0/s1. The van der Waals surface area contributed by atoms with E-state index in [1.807, 2.05) is 0 Å². The number of hydrogen-bond acceptors (Lipinski definition) is 3. The molecule has 1 aromatic carbocycles. The number of rotatable bonds is 2. The number of halogens is 2. The first-order chi connectivity index (χ1) is 8.37. The van der Waals surface area contributed by atoms with Gasteiger partial charge in [-0.1, -0.05) is 27.5 Å². The van der Waals surface area contributed by atoms with Gasteiger partial charge in [-0.2, -0.15) is 0 Å². The lowest BCUT2D eigenvalue weighted by molar-refractivity contribution is 0.0941. The lowest BCUT2D eigenvalue weighted by Crippen LogP contribution is -2.35. The Labute approximate surface area is 119 Å². The second-order valence-corrected chi connectivity index (χ2v) is 7.75. The molecule has 0 unspecified atom stereocenters. The Balaban J connectivity index is 2.11. The highest BCUT2D eigenvalue weighted by atomic mass is 79.9. The van der Waals surface area contributed by atoms with E-state index in [2.05, 4.69) is 21.2 Å². The van der Waals surface area contributed by atoms with Gasteiger partial charge >= 0.3 is 0 Å². The number of carbonyl (C=O) groups excluding carboxylic acids is 1. The maximum atomic E-state index is 12.0. The van der Waals surface area contributed by atoms with E-state index in [1.165, 1.54) is 0 Å². The monoisotopic (exact) mass is 351 g/mol. The molecule has 7 heteroatoms. The van der Waals surface area contributed by atoms with Crippen LogP contribution in [0.4, 0.5) is 0 Å². The molecule has 0 aliphatic carbocycles. The van der Waals surface area contributed by atoms with Gasteiger partial charge in [0.15, 0.2) is 9.84 Å². The normalized spacial score (nSPS) is 21.8. The second kappa shape index (κ2) is 5.19. The Bertz CT molecular complexity index is 588. The van der Waals surface area contributed by atoms with Crippen molar-refractivity contribution in [2.24, 2.45) is 0 Å². The van der Waals surface area contributed by atoms with Crippen molar-refractivity contribution in [3.05, 3.63) is 33.3 Å². The number of benzene rings is 1. The summed E-state index contributed by atoms with van der Waals surface area (Å²) in [7, 11) is -3.00. The number of amides is 1. The molecule has 1 aliphatic rings. The first-order valence-corrected chi connectivity index (χ1v) is 8.33. The Morgan fingerprint density at radius 3 is 2.78 bits per heavy atom. The van der Waals surface area contributed by atoms with E-state index < -0.39 is 9.84 Å². The minimum Gasteiger partial charge on any atom is -0.348 e. The molecule has 0 radical (unpaired) electrons. The van der Waals surface area contributed by atoms with Crippen LogP contribution in [-0.4, -0.2) is 31.9 Å². The predicted molar refractivity (Wildman–Crippen MR) is 73.7 cm³/mol. The first kappa shape index (κ1) is 13.8. The molecule has 0 saturated carbocycles. The maximum absolute atomic E-state index is 12.0. The van der Waals surface area contributed by atoms with Gasteiger partial charge in [0.1, 0.15) is 0 Å². The van der Waals surface area contributed by atoms with Crippen molar-refractivity contribution in [1.82, 2.24) is 5.32 Å². The minimum absolute atomic E-state index is 0.00433. The molecule has 18 heavy (non-hydrogen) atoms. The van der Waals surface area contributed by atoms with E-state index in [0.717, 1.165) is 4.47 Å². The van der Waals surface area contributed by atoms with Gasteiger partial charge in [-0.15, -0.1) is 0 Å². The van der Waals surface area contributed by atoms with Gasteiger partial charge in [-0.25, -0.2) is 8.42 Å². The number of nitrogens with one attached hydrogen (secondary N) is 1. The topological polar surface area (TPSA) is 63.2 Å². The van der Waals surface area contributed by atoms with Crippen LogP contribution in [0.15, 0.2) is 22.7 Å². The fourth-order valence-corrected chi connectivity index (χ4v) is 4.08. The molecular weight excluding hydrogens is 342 g/mol. The van der Waals surface area contributed by atoms with Crippen molar-refractivity contribution < 1.29 is 13.2 Å². The Morgan fingerprint density at radius 2 is 2.17 bits per heavy atom. The first-order valence-electron chi connectivity index (χ1n) is 5.34. The Kier molecular flexibility index (Phi) is 3.99. The van der Waals surface area contributed by atoms with Crippen LogP contribution >= 0.6 is 27.5 Å². The zero-order valence-electron chi connectivity index (χ0n) is 9.32. The zero-order valence-corrected chi connectivity index (χ0v) is 12.5. The van der Waals surface area contributed by atoms with Gasteiger partial charge in [0.25, 0.3) is 5.91 Å². The number of carbonyl (C=O) groups is 1. The van der Waals surface area contributed by atoms with Crippen molar-refractivity contribution in [2.75, 3.05) is 11.5 Å². The molecule has 0 spiro atoms. The predicted octanol–water partition coefficient (Wildman–Crippen LogP) is 2.02. The van der Waals surface area contributed by atoms with Crippen molar-refractivity contribution in [3.63, 3.8) is 0 Å². The molecule has 0 aromatic heterocycles. The summed E-state index contributed by atoms with van der Waals surface area (Å²) >= 11 is 9.19. The van der Waals surface area contributed by atoms with E-state index in [4.69, 9.17) is 11.6 Å². The average Bonchev–Trinajstić information content (AvgIpc) is 2.61. The highest BCUT2D eigenvalue weighted by molar-refractivity contribution is 9.10. The zero-order chi connectivity index (χ0) is 13.3. The van der Waals surface area contributed by atoms with Crippen molar-refractivity contribution in [2.45, 2.75) is 12.5 Å². The SMILES string of the molecule is O=C(N[C@H]1CCS(=O)(=O)C1)c1cc(Br)ccc1Cl. The molecule has 1 saturated heterocycles. The molecule has 2 rings (SSSR count). The van der Waals surface area contributed by atoms with Crippen LogP contribution in [0, 0.1) is 0 Å². The lowest BCUT2D eigenvalue weighted by Gasteiger charge is -2.11. The quantitative estimate of drug-likeness (QED) is 0.885. The number of hydrogen-bond donors (Lipinski definition) is 1. The van der Waals surface area contributed by atoms with Crippen LogP contribution in [0.2, 0.25) is 5.02 Å². The van der Waals surface area contributed by atoms with E-state index in [9.17, 15) is 13.2 Å². The molecule has 1 aromatic rings. The Morgan fingerprint density at radius 1 is 1.44 bits per heavy atom. The van der Waals surface area contributed by atoms with Crippen LogP contribution in [0.3, 0.4) is 0 Å². The van der Waals surface area contributed by atoms with Gasteiger partial charge < -0.3 is 5.32 Å². The van der Waals surface area contributed by atoms with E-state index in [-0.39, 0.29) is 23.5 Å². The molecule has 1 atom stereocenters. The summed E-state index contributed by atoms with van der Waals surface area (Å²) in [5, 5.41) is 3.04. The van der Waals surface area contributed by atoms with E-state index in [0.29, 0.717) is 17.0 Å². The molecule has 1 heterocycles. The maximum Gasteiger partial charge on any atom is 0.253 e. The highest BCUT2D eigenvalue weighted by Gasteiger charge is 2.29.